The van der Waals surface area contributed by atoms with E-state index in [9.17, 15) is 0 Å². The summed E-state index contributed by atoms with van der Waals surface area (Å²) in [4.78, 5) is 2.55. The van der Waals surface area contributed by atoms with Gasteiger partial charge >= 0.3 is 0 Å². The lowest BCUT2D eigenvalue weighted by Gasteiger charge is -2.31. The van der Waals surface area contributed by atoms with Crippen LogP contribution >= 0.6 is 0 Å². The standard InChI is InChI=1S/C11H24N2O/c1-3-14-11-5-9-13(10-6-11)8-4-7-12-2/h11-12H,3-10H2,1-2H3. The predicted molar refractivity (Wildman–Crippen MR) is 59.6 cm³/mol. The van der Waals surface area contributed by atoms with Crippen LogP contribution < -0.4 is 5.32 Å². The summed E-state index contributed by atoms with van der Waals surface area (Å²) in [5, 5.41) is 3.18. The van der Waals surface area contributed by atoms with Crippen molar-refractivity contribution in [3.05, 3.63) is 0 Å². The van der Waals surface area contributed by atoms with E-state index in [0.717, 1.165) is 13.2 Å². The lowest BCUT2D eigenvalue weighted by molar-refractivity contribution is 0.0141. The molecule has 1 rings (SSSR count). The zero-order valence-electron chi connectivity index (χ0n) is 9.59. The van der Waals surface area contributed by atoms with Crippen molar-refractivity contribution in [1.82, 2.24) is 10.2 Å². The molecule has 0 aromatic carbocycles. The Labute approximate surface area is 87.8 Å². The molecule has 0 spiro atoms. The van der Waals surface area contributed by atoms with Crippen LogP contribution in [0.2, 0.25) is 0 Å². The Bertz CT molecular complexity index is 133. The maximum atomic E-state index is 5.62. The molecule has 3 heteroatoms. The van der Waals surface area contributed by atoms with Crippen molar-refractivity contribution in [3.8, 4) is 0 Å². The van der Waals surface area contributed by atoms with Gasteiger partial charge in [0.25, 0.3) is 0 Å². The van der Waals surface area contributed by atoms with Crippen LogP contribution in [0.1, 0.15) is 26.2 Å². The first kappa shape index (κ1) is 12.0. The van der Waals surface area contributed by atoms with Crippen LogP contribution in [-0.4, -0.2) is 50.8 Å². The van der Waals surface area contributed by atoms with Gasteiger partial charge in [-0.05, 0) is 46.3 Å². The van der Waals surface area contributed by atoms with Crippen LogP contribution in [0.3, 0.4) is 0 Å². The lowest BCUT2D eigenvalue weighted by atomic mass is 10.1. The Hall–Kier alpha value is -0.120. The molecule has 0 amide bonds. The van der Waals surface area contributed by atoms with Crippen molar-refractivity contribution < 1.29 is 4.74 Å². The minimum absolute atomic E-state index is 0.528. The van der Waals surface area contributed by atoms with Crippen LogP contribution in [0.25, 0.3) is 0 Å². The van der Waals surface area contributed by atoms with Crippen LogP contribution in [0.4, 0.5) is 0 Å². The average Bonchev–Trinajstić information content (AvgIpc) is 2.21. The topological polar surface area (TPSA) is 24.5 Å². The number of hydrogen-bond acceptors (Lipinski definition) is 3. The maximum Gasteiger partial charge on any atom is 0.0599 e. The molecule has 0 unspecified atom stereocenters. The van der Waals surface area contributed by atoms with E-state index >= 15 is 0 Å². The average molecular weight is 200 g/mol. The molecule has 0 saturated carbocycles. The van der Waals surface area contributed by atoms with Crippen molar-refractivity contribution >= 4 is 0 Å². The first-order valence-electron chi connectivity index (χ1n) is 5.85. The third-order valence-electron chi connectivity index (χ3n) is 2.84. The fourth-order valence-corrected chi connectivity index (χ4v) is 2.01. The van der Waals surface area contributed by atoms with Crippen LogP contribution in [-0.2, 0) is 4.74 Å². The molecule has 1 heterocycles. The van der Waals surface area contributed by atoms with Gasteiger partial charge in [0.2, 0.25) is 0 Å². The van der Waals surface area contributed by atoms with Gasteiger partial charge in [-0.3, -0.25) is 0 Å². The molecule has 0 atom stereocenters. The Morgan fingerprint density at radius 1 is 1.36 bits per heavy atom. The number of nitrogens with one attached hydrogen (secondary N) is 1. The number of rotatable bonds is 6. The molecule has 1 N–H and O–H groups in total. The lowest BCUT2D eigenvalue weighted by Crippen LogP contribution is -2.38. The number of nitrogens with zero attached hydrogens (tertiary/aromatic N) is 1. The number of hydrogen-bond donors (Lipinski definition) is 1. The summed E-state index contributed by atoms with van der Waals surface area (Å²) in [6.07, 6.45) is 4.22. The van der Waals surface area contributed by atoms with Gasteiger partial charge < -0.3 is 15.0 Å². The van der Waals surface area contributed by atoms with Gasteiger partial charge in [0.15, 0.2) is 0 Å². The quantitative estimate of drug-likeness (QED) is 0.650. The molecule has 1 saturated heterocycles. The first-order valence-corrected chi connectivity index (χ1v) is 5.85. The number of ether oxygens (including phenoxy) is 1. The summed E-state index contributed by atoms with van der Waals surface area (Å²) < 4.78 is 5.62. The Morgan fingerprint density at radius 3 is 2.64 bits per heavy atom. The molecule has 1 fully saturated rings. The Kier molecular flexibility index (Phi) is 6.15. The summed E-state index contributed by atoms with van der Waals surface area (Å²) in [6, 6.07) is 0. The van der Waals surface area contributed by atoms with E-state index in [2.05, 4.69) is 17.1 Å². The molecule has 14 heavy (non-hydrogen) atoms. The van der Waals surface area contributed by atoms with E-state index in [1.54, 1.807) is 0 Å². The second kappa shape index (κ2) is 7.21. The first-order chi connectivity index (χ1) is 6.86. The van der Waals surface area contributed by atoms with Gasteiger partial charge in [0, 0.05) is 19.7 Å². The summed E-state index contributed by atoms with van der Waals surface area (Å²) in [6.45, 7) is 7.75. The highest BCUT2D eigenvalue weighted by atomic mass is 16.5. The third kappa shape index (κ3) is 4.40. The van der Waals surface area contributed by atoms with Crippen molar-refractivity contribution in [2.45, 2.75) is 32.3 Å². The predicted octanol–water partition coefficient (Wildman–Crippen LogP) is 1.10. The van der Waals surface area contributed by atoms with Gasteiger partial charge in [0.1, 0.15) is 0 Å². The van der Waals surface area contributed by atoms with Crippen LogP contribution in [0.15, 0.2) is 0 Å². The Balaban J connectivity index is 2.03. The SMILES string of the molecule is CCOC1CCN(CCCNC)CC1. The van der Waals surface area contributed by atoms with E-state index in [0.29, 0.717) is 6.10 Å². The fourth-order valence-electron chi connectivity index (χ4n) is 2.01. The molecule has 0 radical (unpaired) electrons. The maximum absolute atomic E-state index is 5.62. The van der Waals surface area contributed by atoms with Gasteiger partial charge in [0.05, 0.1) is 6.10 Å². The molecule has 0 aliphatic carbocycles. The monoisotopic (exact) mass is 200 g/mol. The van der Waals surface area contributed by atoms with Crippen LogP contribution in [0.5, 0.6) is 0 Å². The molecule has 1 aliphatic heterocycles. The molecular formula is C11H24N2O. The minimum Gasteiger partial charge on any atom is -0.378 e. The highest BCUT2D eigenvalue weighted by molar-refractivity contribution is 4.72. The van der Waals surface area contributed by atoms with Crippen molar-refractivity contribution in [2.75, 3.05) is 39.8 Å². The van der Waals surface area contributed by atoms with Gasteiger partial charge in [-0.2, -0.15) is 0 Å². The van der Waals surface area contributed by atoms with Crippen molar-refractivity contribution in [2.24, 2.45) is 0 Å². The highest BCUT2D eigenvalue weighted by Crippen LogP contribution is 2.13. The zero-order chi connectivity index (χ0) is 10.2. The second-order valence-corrected chi connectivity index (χ2v) is 3.95. The van der Waals surface area contributed by atoms with Crippen molar-refractivity contribution in [3.63, 3.8) is 0 Å². The van der Waals surface area contributed by atoms with E-state index < -0.39 is 0 Å². The van der Waals surface area contributed by atoms with E-state index in [1.807, 2.05) is 7.05 Å². The van der Waals surface area contributed by atoms with Gasteiger partial charge in [-0.25, -0.2) is 0 Å². The highest BCUT2D eigenvalue weighted by Gasteiger charge is 2.18. The molecular weight excluding hydrogens is 176 g/mol. The normalized spacial score (nSPS) is 20.1. The largest absolute Gasteiger partial charge is 0.378 e. The zero-order valence-corrected chi connectivity index (χ0v) is 9.59. The minimum atomic E-state index is 0.528. The van der Waals surface area contributed by atoms with E-state index in [-0.39, 0.29) is 0 Å². The molecule has 1 aliphatic rings. The second-order valence-electron chi connectivity index (χ2n) is 3.95. The van der Waals surface area contributed by atoms with E-state index in [1.165, 1.54) is 38.9 Å². The van der Waals surface area contributed by atoms with Crippen molar-refractivity contribution in [1.29, 1.82) is 0 Å². The molecule has 0 aromatic heterocycles. The van der Waals surface area contributed by atoms with Crippen LogP contribution in [0, 0.1) is 0 Å². The Morgan fingerprint density at radius 2 is 2.07 bits per heavy atom. The number of likely N-dealkylation sites (tertiary alicyclic amines) is 1. The molecule has 0 aromatic rings. The number of piperidine rings is 1. The van der Waals surface area contributed by atoms with Gasteiger partial charge in [-0.15, -0.1) is 0 Å². The fraction of sp³-hybridized carbons (Fsp3) is 1.00. The molecule has 84 valence electrons. The smallest absolute Gasteiger partial charge is 0.0599 e. The summed E-state index contributed by atoms with van der Waals surface area (Å²) >= 11 is 0. The molecule has 3 nitrogen and oxygen atoms in total. The van der Waals surface area contributed by atoms with Gasteiger partial charge in [-0.1, -0.05) is 0 Å². The summed E-state index contributed by atoms with van der Waals surface area (Å²) in [5.41, 5.74) is 0. The van der Waals surface area contributed by atoms with E-state index in [4.69, 9.17) is 4.74 Å². The molecule has 0 bridgehead atoms. The third-order valence-corrected chi connectivity index (χ3v) is 2.84. The summed E-state index contributed by atoms with van der Waals surface area (Å²) in [5.74, 6) is 0. The summed E-state index contributed by atoms with van der Waals surface area (Å²) in [7, 11) is 2.02.